The molecule has 1 heterocycles. The predicted molar refractivity (Wildman–Crippen MR) is 147 cm³/mol. The molecule has 0 radical (unpaired) electrons. The summed E-state index contributed by atoms with van der Waals surface area (Å²) < 4.78 is 5.02. The van der Waals surface area contributed by atoms with Gasteiger partial charge in [-0.1, -0.05) is 60.7 Å². The van der Waals surface area contributed by atoms with Crippen molar-refractivity contribution >= 4 is 22.9 Å². The van der Waals surface area contributed by atoms with E-state index >= 15 is 0 Å². The number of benzene rings is 2. The second-order valence-electron chi connectivity index (χ2n) is 9.04. The molecule has 2 N–H and O–H groups in total. The van der Waals surface area contributed by atoms with Crippen LogP contribution in [0.2, 0.25) is 0 Å². The Bertz CT molecular complexity index is 1050. The van der Waals surface area contributed by atoms with Gasteiger partial charge in [0.15, 0.2) is 0 Å². The third-order valence-corrected chi connectivity index (χ3v) is 7.57. The Morgan fingerprint density at radius 1 is 0.944 bits per heavy atom. The van der Waals surface area contributed by atoms with Crippen LogP contribution in [0, 0.1) is 0 Å². The van der Waals surface area contributed by atoms with Gasteiger partial charge < -0.3 is 14.9 Å². The zero-order chi connectivity index (χ0) is 25.9. The van der Waals surface area contributed by atoms with Crippen molar-refractivity contribution in [2.75, 3.05) is 19.7 Å². The maximum atomic E-state index is 11.8. The van der Waals surface area contributed by atoms with E-state index < -0.39 is 12.2 Å². The Morgan fingerprint density at radius 2 is 1.50 bits per heavy atom. The molecule has 3 atom stereocenters. The van der Waals surface area contributed by atoms with Gasteiger partial charge in [0.2, 0.25) is 0 Å². The summed E-state index contributed by atoms with van der Waals surface area (Å²) in [6.07, 6.45) is 2.02. The zero-order valence-corrected chi connectivity index (χ0v) is 22.2. The van der Waals surface area contributed by atoms with Crippen molar-refractivity contribution in [1.82, 2.24) is 4.90 Å². The Labute approximate surface area is 218 Å². The summed E-state index contributed by atoms with van der Waals surface area (Å²) in [5.74, 6) is -0.317. The van der Waals surface area contributed by atoms with Crippen LogP contribution in [0.5, 0.6) is 0 Å². The number of aryl methyl sites for hydroxylation is 1. The average molecular weight is 508 g/mol. The van der Waals surface area contributed by atoms with Crippen LogP contribution in [0.25, 0.3) is 5.57 Å². The molecule has 2 aromatic carbocycles. The fraction of sp³-hybridized carbons (Fsp3) is 0.367. The molecule has 0 spiro atoms. The van der Waals surface area contributed by atoms with E-state index in [9.17, 15) is 15.0 Å². The van der Waals surface area contributed by atoms with E-state index in [4.69, 9.17) is 4.74 Å². The first-order valence-electron chi connectivity index (χ1n) is 12.5. The smallest absolute Gasteiger partial charge is 0.331 e. The van der Waals surface area contributed by atoms with Gasteiger partial charge >= 0.3 is 5.97 Å². The molecule has 5 nitrogen and oxygen atoms in total. The van der Waals surface area contributed by atoms with Gasteiger partial charge in [-0.3, -0.25) is 4.90 Å². The predicted octanol–water partition coefficient (Wildman–Crippen LogP) is 5.80. The highest BCUT2D eigenvalue weighted by molar-refractivity contribution is 7.13. The number of hydrogen-bond donors (Lipinski definition) is 2. The summed E-state index contributed by atoms with van der Waals surface area (Å²) in [4.78, 5) is 16.2. The number of allylic oxidation sites excluding steroid dienone is 1. The minimum atomic E-state index is -0.638. The topological polar surface area (TPSA) is 70.0 Å². The molecular formula is C30H37NO4S. The summed E-state index contributed by atoms with van der Waals surface area (Å²) in [5.41, 5.74) is 2.64. The molecule has 3 aromatic rings. The lowest BCUT2D eigenvalue weighted by Gasteiger charge is -2.33. The van der Waals surface area contributed by atoms with Gasteiger partial charge in [-0.2, -0.15) is 0 Å². The summed E-state index contributed by atoms with van der Waals surface area (Å²) in [5, 5.41) is 21.8. The highest BCUT2D eigenvalue weighted by Gasteiger charge is 2.22. The van der Waals surface area contributed by atoms with Gasteiger partial charge in [0.25, 0.3) is 0 Å². The monoisotopic (exact) mass is 507 g/mol. The van der Waals surface area contributed by atoms with Crippen molar-refractivity contribution in [1.29, 1.82) is 0 Å². The average Bonchev–Trinajstić information content (AvgIpc) is 3.37. The van der Waals surface area contributed by atoms with Gasteiger partial charge in [0, 0.05) is 35.0 Å². The lowest BCUT2D eigenvalue weighted by molar-refractivity contribution is -0.137. The largest absolute Gasteiger partial charge is 0.463 e. The van der Waals surface area contributed by atoms with Crippen LogP contribution in [0.3, 0.4) is 0 Å². The van der Waals surface area contributed by atoms with Crippen LogP contribution >= 0.6 is 11.3 Å². The fourth-order valence-electron chi connectivity index (χ4n) is 4.13. The van der Waals surface area contributed by atoms with Gasteiger partial charge in [0.05, 0.1) is 18.8 Å². The SMILES string of the molecule is CCOC(=O)/C=C(\C)c1ccc(CC[C@H](C)N(C[C@H](O)c2ccccc2)C[C@H](O)c2ccccc2)s1. The third kappa shape index (κ3) is 8.42. The van der Waals surface area contributed by atoms with Gasteiger partial charge in [-0.25, -0.2) is 4.79 Å². The second-order valence-corrected chi connectivity index (χ2v) is 10.2. The molecule has 1 aromatic heterocycles. The molecule has 0 fully saturated rings. The Morgan fingerprint density at radius 3 is 2.03 bits per heavy atom. The van der Waals surface area contributed by atoms with Crippen molar-refractivity contribution in [3.05, 3.63) is 99.8 Å². The Balaban J connectivity index is 1.67. The molecule has 0 saturated heterocycles. The number of carbonyl (C=O) groups is 1. The van der Waals surface area contributed by atoms with Gasteiger partial charge in [-0.05, 0) is 62.4 Å². The number of hydrogen-bond acceptors (Lipinski definition) is 6. The van der Waals surface area contributed by atoms with Crippen molar-refractivity contribution in [2.24, 2.45) is 0 Å². The summed E-state index contributed by atoms with van der Waals surface area (Å²) in [6, 6.07) is 23.6. The van der Waals surface area contributed by atoms with Crippen LogP contribution < -0.4 is 0 Å². The number of ether oxygens (including phenoxy) is 1. The summed E-state index contributed by atoms with van der Waals surface area (Å²) in [7, 11) is 0. The first-order valence-corrected chi connectivity index (χ1v) is 13.3. The van der Waals surface area contributed by atoms with Crippen LogP contribution in [-0.4, -0.2) is 46.8 Å². The zero-order valence-electron chi connectivity index (χ0n) is 21.3. The van der Waals surface area contributed by atoms with E-state index in [-0.39, 0.29) is 12.0 Å². The van der Waals surface area contributed by atoms with Crippen molar-refractivity contribution in [3.8, 4) is 0 Å². The van der Waals surface area contributed by atoms with E-state index in [0.717, 1.165) is 34.4 Å². The maximum absolute atomic E-state index is 11.8. The van der Waals surface area contributed by atoms with Crippen molar-refractivity contribution in [3.63, 3.8) is 0 Å². The van der Waals surface area contributed by atoms with Gasteiger partial charge in [-0.15, -0.1) is 11.3 Å². The number of aliphatic hydroxyl groups is 2. The number of carbonyl (C=O) groups excluding carboxylic acids is 1. The number of thiophene rings is 1. The fourth-order valence-corrected chi connectivity index (χ4v) is 5.12. The summed E-state index contributed by atoms with van der Waals surface area (Å²) in [6.45, 7) is 7.11. The van der Waals surface area contributed by atoms with Crippen LogP contribution in [0.15, 0.2) is 78.9 Å². The molecular weight excluding hydrogens is 470 g/mol. The minimum absolute atomic E-state index is 0.142. The van der Waals surface area contributed by atoms with E-state index in [0.29, 0.717) is 19.7 Å². The lowest BCUT2D eigenvalue weighted by Crippen LogP contribution is -2.39. The molecule has 3 rings (SSSR count). The number of aliphatic hydroxyl groups excluding tert-OH is 2. The Hall–Kier alpha value is -2.77. The van der Waals surface area contributed by atoms with E-state index in [1.807, 2.05) is 73.7 Å². The number of esters is 1. The van der Waals surface area contributed by atoms with Gasteiger partial charge in [0.1, 0.15) is 0 Å². The first-order chi connectivity index (χ1) is 17.4. The minimum Gasteiger partial charge on any atom is -0.463 e. The molecule has 0 aliphatic heterocycles. The van der Waals surface area contributed by atoms with Crippen molar-refractivity contribution < 1.29 is 19.7 Å². The maximum Gasteiger partial charge on any atom is 0.331 e. The van der Waals surface area contributed by atoms with E-state index in [2.05, 4.69) is 17.9 Å². The van der Waals surface area contributed by atoms with Crippen molar-refractivity contribution in [2.45, 2.75) is 51.9 Å². The highest BCUT2D eigenvalue weighted by Crippen LogP contribution is 2.27. The molecule has 6 heteroatoms. The normalized spacial score (nSPS) is 14.4. The standard InChI is InChI=1S/C30H37NO4S/c1-4-35-30(34)19-22(2)29-18-17-26(36-29)16-15-23(3)31(20-27(32)24-11-7-5-8-12-24)21-28(33)25-13-9-6-10-14-25/h5-14,17-19,23,27-28,32-33H,4,15-16,20-21H2,1-3H3/b22-19+/t23-,27-,28-/m0/s1. The highest BCUT2D eigenvalue weighted by atomic mass is 32.1. The third-order valence-electron chi connectivity index (χ3n) is 6.29. The molecule has 0 aliphatic rings. The van der Waals surface area contributed by atoms with Crippen LogP contribution in [-0.2, 0) is 16.0 Å². The summed E-state index contributed by atoms with van der Waals surface area (Å²) >= 11 is 1.68. The molecule has 192 valence electrons. The number of nitrogens with zero attached hydrogens (tertiary/aromatic N) is 1. The molecule has 0 aliphatic carbocycles. The van der Waals surface area contributed by atoms with Crippen LogP contribution in [0.4, 0.5) is 0 Å². The molecule has 0 unspecified atom stereocenters. The number of rotatable bonds is 13. The molecule has 36 heavy (non-hydrogen) atoms. The quantitative estimate of drug-likeness (QED) is 0.226. The van der Waals surface area contributed by atoms with E-state index in [1.54, 1.807) is 24.3 Å². The molecule has 0 amide bonds. The van der Waals surface area contributed by atoms with E-state index in [1.165, 1.54) is 4.88 Å². The van der Waals surface area contributed by atoms with Crippen LogP contribution in [0.1, 0.15) is 60.3 Å². The molecule has 0 saturated carbocycles. The lowest BCUT2D eigenvalue weighted by atomic mass is 10.0. The first kappa shape index (κ1) is 27.8. The second kappa shape index (κ2) is 14.1. The Kier molecular flexibility index (Phi) is 10.9. The molecule has 0 bridgehead atoms.